The minimum Gasteiger partial charge on any atom is -0.481 e. The molecule has 224 valence electrons. The lowest BCUT2D eigenvalue weighted by molar-refractivity contribution is -0.134. The van der Waals surface area contributed by atoms with E-state index in [-0.39, 0.29) is 49.1 Å². The highest BCUT2D eigenvalue weighted by molar-refractivity contribution is 5.97. The molecule has 4 atom stereocenters. The minimum absolute atomic E-state index is 0.00658. The quantitative estimate of drug-likeness (QED) is 0.236. The molecule has 2 saturated heterocycles. The van der Waals surface area contributed by atoms with E-state index in [1.54, 1.807) is 32.2 Å². The summed E-state index contributed by atoms with van der Waals surface area (Å²) in [7, 11) is 1.51. The normalized spacial score (nSPS) is 22.8. The Balaban J connectivity index is 1.45. The molecule has 1 aromatic heterocycles. The van der Waals surface area contributed by atoms with Crippen molar-refractivity contribution < 1.29 is 33.4 Å². The highest BCUT2D eigenvalue weighted by Gasteiger charge is 2.50. The summed E-state index contributed by atoms with van der Waals surface area (Å²) in [5.41, 5.74) is 1.13. The molecule has 0 aromatic carbocycles. The van der Waals surface area contributed by atoms with Gasteiger partial charge in [-0.2, -0.15) is 0 Å². The molecule has 3 aliphatic rings. The second-order valence-corrected chi connectivity index (χ2v) is 11.7. The van der Waals surface area contributed by atoms with Gasteiger partial charge in [0.25, 0.3) is 0 Å². The van der Waals surface area contributed by atoms with Crippen LogP contribution in [0, 0.1) is 11.8 Å². The number of allylic oxidation sites excluding steroid dienone is 2. The molecule has 0 bridgehead atoms. The van der Waals surface area contributed by atoms with Gasteiger partial charge >= 0.3 is 0 Å². The first-order chi connectivity index (χ1) is 19.7. The number of morpholine rings is 1. The number of Topliss-reactive ketones (excluding diaryl/α,β-unsaturated/α-hetero) is 3. The molecule has 2 fully saturated rings. The Kier molecular flexibility index (Phi) is 10.8. The van der Waals surface area contributed by atoms with Crippen molar-refractivity contribution in [1.29, 1.82) is 0 Å². The molecule has 1 aliphatic carbocycles. The van der Waals surface area contributed by atoms with E-state index in [1.807, 2.05) is 4.90 Å². The molecule has 3 heterocycles. The first kappa shape index (κ1) is 31.0. The highest BCUT2D eigenvalue weighted by atomic mass is 16.6. The van der Waals surface area contributed by atoms with Crippen LogP contribution in [0.15, 0.2) is 30.0 Å². The van der Waals surface area contributed by atoms with Gasteiger partial charge in [-0.25, -0.2) is 4.98 Å². The smallest absolute Gasteiger partial charge is 0.223 e. The third-order valence-corrected chi connectivity index (χ3v) is 8.20. The monoisotopic (exact) mass is 569 g/mol. The van der Waals surface area contributed by atoms with E-state index in [4.69, 9.17) is 14.2 Å². The zero-order valence-corrected chi connectivity index (χ0v) is 24.5. The minimum atomic E-state index is -0.868. The molecule has 0 radical (unpaired) electrons. The van der Waals surface area contributed by atoms with Crippen LogP contribution in [0.3, 0.4) is 0 Å². The number of hydrogen-bond acceptors (Lipinski definition) is 9. The fraction of sp³-hybridized carbons (Fsp3) is 0.645. The van der Waals surface area contributed by atoms with E-state index in [1.165, 1.54) is 12.7 Å². The lowest BCUT2D eigenvalue weighted by Crippen LogP contribution is -2.46. The van der Waals surface area contributed by atoms with E-state index in [2.05, 4.69) is 16.4 Å². The second kappa shape index (κ2) is 14.3. The van der Waals surface area contributed by atoms with Crippen molar-refractivity contribution >= 4 is 23.3 Å². The average molecular weight is 570 g/mol. The van der Waals surface area contributed by atoms with Crippen LogP contribution in [0.4, 0.5) is 0 Å². The maximum absolute atomic E-state index is 13.8. The Morgan fingerprint density at radius 2 is 1.93 bits per heavy atom. The largest absolute Gasteiger partial charge is 0.481 e. The number of aromatic nitrogens is 1. The maximum atomic E-state index is 13.8. The van der Waals surface area contributed by atoms with Crippen molar-refractivity contribution in [3.63, 3.8) is 0 Å². The molecule has 0 spiro atoms. The number of amides is 1. The zero-order valence-electron chi connectivity index (χ0n) is 24.5. The van der Waals surface area contributed by atoms with Gasteiger partial charge in [-0.05, 0) is 50.7 Å². The van der Waals surface area contributed by atoms with Crippen molar-refractivity contribution in [2.24, 2.45) is 11.8 Å². The predicted molar refractivity (Wildman–Crippen MR) is 151 cm³/mol. The van der Waals surface area contributed by atoms with Crippen molar-refractivity contribution in [2.75, 3.05) is 46.6 Å². The summed E-state index contributed by atoms with van der Waals surface area (Å²) in [5.74, 6) is -1.38. The third kappa shape index (κ3) is 9.02. The van der Waals surface area contributed by atoms with Crippen LogP contribution in [0.1, 0.15) is 57.9 Å². The summed E-state index contributed by atoms with van der Waals surface area (Å²) in [6, 6.07) is 2.63. The zero-order chi connectivity index (χ0) is 29.4. The Morgan fingerprint density at radius 1 is 1.17 bits per heavy atom. The first-order valence-corrected chi connectivity index (χ1v) is 14.7. The summed E-state index contributed by atoms with van der Waals surface area (Å²) >= 11 is 0. The van der Waals surface area contributed by atoms with Gasteiger partial charge in [-0.3, -0.25) is 24.1 Å². The maximum Gasteiger partial charge on any atom is 0.223 e. The van der Waals surface area contributed by atoms with E-state index >= 15 is 0 Å². The van der Waals surface area contributed by atoms with Crippen LogP contribution in [-0.4, -0.2) is 91.3 Å². The molecular weight excluding hydrogens is 526 g/mol. The molecule has 4 unspecified atom stereocenters. The molecule has 4 rings (SSSR count). The SMILES string of the molecule is COc1cc(CC(NC(=O)C(C)CC(=O)CN2CCOCC2)C(=O)CC(CC2=CCCC2)C(=O)C2(C)CO2)ccn1. The van der Waals surface area contributed by atoms with E-state index in [0.29, 0.717) is 45.2 Å². The molecule has 1 aromatic rings. The number of ketones is 3. The van der Waals surface area contributed by atoms with Crippen LogP contribution < -0.4 is 10.1 Å². The number of carbonyl (C=O) groups is 4. The molecule has 0 saturated carbocycles. The van der Waals surface area contributed by atoms with Gasteiger partial charge in [-0.1, -0.05) is 18.6 Å². The number of nitrogens with one attached hydrogen (secondary N) is 1. The van der Waals surface area contributed by atoms with Crippen LogP contribution in [0.2, 0.25) is 0 Å². The summed E-state index contributed by atoms with van der Waals surface area (Å²) in [6.07, 6.45) is 7.57. The number of methoxy groups -OCH3 is 1. The molecular formula is C31H43N3O7. The van der Waals surface area contributed by atoms with Crippen molar-refractivity contribution in [2.45, 2.75) is 70.4 Å². The molecule has 10 heteroatoms. The number of epoxide rings is 1. The molecule has 2 aliphatic heterocycles. The van der Waals surface area contributed by atoms with E-state index in [0.717, 1.165) is 24.8 Å². The van der Waals surface area contributed by atoms with Gasteiger partial charge in [-0.15, -0.1) is 0 Å². The van der Waals surface area contributed by atoms with Crippen molar-refractivity contribution in [1.82, 2.24) is 15.2 Å². The predicted octanol–water partition coefficient (Wildman–Crippen LogP) is 2.48. The fourth-order valence-electron chi connectivity index (χ4n) is 5.56. The van der Waals surface area contributed by atoms with Crippen molar-refractivity contribution in [3.8, 4) is 5.88 Å². The summed E-state index contributed by atoms with van der Waals surface area (Å²) in [4.78, 5) is 59.3. The third-order valence-electron chi connectivity index (χ3n) is 8.20. The number of pyridine rings is 1. The van der Waals surface area contributed by atoms with E-state index < -0.39 is 23.5 Å². The number of hydrogen-bond donors (Lipinski definition) is 1. The van der Waals surface area contributed by atoms with Gasteiger partial charge in [0, 0.05) is 50.0 Å². The fourth-order valence-corrected chi connectivity index (χ4v) is 5.56. The summed E-state index contributed by atoms with van der Waals surface area (Å²) in [5, 5.41) is 2.91. The molecule has 41 heavy (non-hydrogen) atoms. The first-order valence-electron chi connectivity index (χ1n) is 14.7. The Hall–Kier alpha value is -2.95. The van der Waals surface area contributed by atoms with Gasteiger partial charge < -0.3 is 19.5 Å². The average Bonchev–Trinajstić information content (AvgIpc) is 3.50. The molecule has 1 amide bonds. The van der Waals surface area contributed by atoms with Crippen LogP contribution in [0.25, 0.3) is 0 Å². The second-order valence-electron chi connectivity index (χ2n) is 11.7. The Bertz CT molecular complexity index is 1140. The number of nitrogens with zero attached hydrogens (tertiary/aromatic N) is 2. The molecule has 10 nitrogen and oxygen atoms in total. The summed E-state index contributed by atoms with van der Waals surface area (Å²) in [6.45, 7) is 6.70. The summed E-state index contributed by atoms with van der Waals surface area (Å²) < 4.78 is 16.0. The Morgan fingerprint density at radius 3 is 2.59 bits per heavy atom. The van der Waals surface area contributed by atoms with Crippen LogP contribution >= 0.6 is 0 Å². The lowest BCUT2D eigenvalue weighted by Gasteiger charge is -2.26. The highest BCUT2D eigenvalue weighted by Crippen LogP contribution is 2.35. The standard InChI is InChI=1S/C31H43N3O7/c1-21(14-25(35)19-34-10-12-40-13-11-34)30(38)33-26(16-23-8-9-32-28(17-23)39-3)27(36)18-24(15-22-6-4-5-7-22)29(37)31(2)20-41-31/h6,8-9,17,21,24,26H,4-5,7,10-16,18-20H2,1-3H3,(H,33,38). The van der Waals surface area contributed by atoms with E-state index in [9.17, 15) is 19.2 Å². The Labute approximate surface area is 242 Å². The molecule has 1 N–H and O–H groups in total. The number of ether oxygens (including phenoxy) is 3. The van der Waals surface area contributed by atoms with Gasteiger partial charge in [0.1, 0.15) is 11.4 Å². The topological polar surface area (TPSA) is 127 Å². The lowest BCUT2D eigenvalue weighted by atomic mass is 9.83. The van der Waals surface area contributed by atoms with Crippen LogP contribution in [-0.2, 0) is 35.1 Å². The van der Waals surface area contributed by atoms with Gasteiger partial charge in [0.05, 0.1) is 39.5 Å². The number of carbonyl (C=O) groups excluding carboxylic acids is 4. The van der Waals surface area contributed by atoms with Crippen LogP contribution in [0.5, 0.6) is 5.88 Å². The van der Waals surface area contributed by atoms with Gasteiger partial charge in [0.2, 0.25) is 11.8 Å². The van der Waals surface area contributed by atoms with Gasteiger partial charge in [0.15, 0.2) is 11.6 Å². The van der Waals surface area contributed by atoms with Crippen molar-refractivity contribution in [3.05, 3.63) is 35.5 Å². The number of rotatable bonds is 16.